The largest absolute Gasteiger partial charge is 0.334 e. The van der Waals surface area contributed by atoms with Crippen molar-refractivity contribution < 1.29 is 0 Å². The van der Waals surface area contributed by atoms with Gasteiger partial charge in [0.1, 0.15) is 0 Å². The first-order chi connectivity index (χ1) is 10.8. The minimum atomic E-state index is 0.406. The molecule has 8 heteroatoms. The van der Waals surface area contributed by atoms with E-state index in [-0.39, 0.29) is 0 Å². The van der Waals surface area contributed by atoms with E-state index in [0.29, 0.717) is 11.1 Å². The Labute approximate surface area is 136 Å². The molecule has 3 rings (SSSR count). The number of hydrogen-bond donors (Lipinski definition) is 2. The highest BCUT2D eigenvalue weighted by Gasteiger charge is 2.09. The first-order valence-corrected chi connectivity index (χ1v) is 8.39. The van der Waals surface area contributed by atoms with Gasteiger partial charge in [0.2, 0.25) is 5.16 Å². The van der Waals surface area contributed by atoms with Crippen LogP contribution < -0.4 is 11.3 Å². The topological polar surface area (TPSA) is 81.1 Å². The zero-order chi connectivity index (χ0) is 15.2. The van der Waals surface area contributed by atoms with E-state index in [1.54, 1.807) is 17.6 Å². The normalized spacial score (nSPS) is 11.1. The Balaban J connectivity index is 1.59. The summed E-state index contributed by atoms with van der Waals surface area (Å²) in [6.07, 6.45) is 1.72. The fourth-order valence-electron chi connectivity index (χ4n) is 1.69. The van der Waals surface area contributed by atoms with Gasteiger partial charge >= 0.3 is 0 Å². The fraction of sp³-hybridized carbons (Fsp3) is 0.0714. The molecule has 6 nitrogen and oxygen atoms in total. The van der Waals surface area contributed by atoms with E-state index in [9.17, 15) is 0 Å². The number of rotatable bonds is 6. The molecule has 0 fully saturated rings. The minimum Gasteiger partial charge on any atom is -0.334 e. The third-order valence-electron chi connectivity index (χ3n) is 2.77. The molecule has 0 saturated heterocycles. The number of nitrogen functional groups attached to an aromatic ring is 1. The van der Waals surface area contributed by atoms with Crippen molar-refractivity contribution in [2.75, 3.05) is 11.3 Å². The second kappa shape index (κ2) is 7.10. The molecule has 2 heterocycles. The number of thioether (sulfide) groups is 1. The molecular formula is C14H14N6S2. The molecule has 0 aliphatic carbocycles. The smallest absolute Gasteiger partial charge is 0.264 e. The van der Waals surface area contributed by atoms with E-state index >= 15 is 0 Å². The third kappa shape index (κ3) is 3.66. The summed E-state index contributed by atoms with van der Waals surface area (Å²) < 4.78 is 1.40. The summed E-state index contributed by atoms with van der Waals surface area (Å²) in [6.45, 7) is 0. The molecule has 0 aliphatic heterocycles. The Morgan fingerprint density at radius 3 is 2.86 bits per heavy atom. The Kier molecular flexibility index (Phi) is 4.71. The van der Waals surface area contributed by atoms with Crippen LogP contribution in [0.5, 0.6) is 0 Å². The monoisotopic (exact) mass is 330 g/mol. The number of hydrogen-bond acceptors (Lipinski definition) is 7. The highest BCUT2D eigenvalue weighted by molar-refractivity contribution is 7.98. The summed E-state index contributed by atoms with van der Waals surface area (Å²) in [7, 11) is 0. The van der Waals surface area contributed by atoms with Gasteiger partial charge in [-0.25, -0.2) is 10.1 Å². The quantitative estimate of drug-likeness (QED) is 0.314. The second-order valence-electron chi connectivity index (χ2n) is 4.34. The van der Waals surface area contributed by atoms with Crippen LogP contribution in [0.3, 0.4) is 0 Å². The van der Waals surface area contributed by atoms with Gasteiger partial charge in [-0.1, -0.05) is 48.2 Å². The van der Waals surface area contributed by atoms with Crippen LogP contribution in [-0.4, -0.2) is 21.1 Å². The highest BCUT2D eigenvalue weighted by atomic mass is 32.2. The molecule has 1 aromatic carbocycles. The number of nitrogens with one attached hydrogen (secondary N) is 1. The molecule has 0 saturated carbocycles. The van der Waals surface area contributed by atoms with Crippen molar-refractivity contribution in [3.05, 3.63) is 58.3 Å². The summed E-state index contributed by atoms with van der Waals surface area (Å²) in [6, 6.07) is 14.1. The lowest BCUT2D eigenvalue weighted by Gasteiger charge is -2.02. The van der Waals surface area contributed by atoms with Crippen LogP contribution in [0.25, 0.3) is 0 Å². The lowest BCUT2D eigenvalue weighted by molar-refractivity contribution is 0.847. The van der Waals surface area contributed by atoms with E-state index in [2.05, 4.69) is 32.9 Å². The molecule has 0 amide bonds. The minimum absolute atomic E-state index is 0.406. The van der Waals surface area contributed by atoms with Crippen LogP contribution in [0.15, 0.2) is 58.1 Å². The maximum Gasteiger partial charge on any atom is 0.264 e. The number of aromatic nitrogens is 3. The molecule has 0 aliphatic rings. The predicted octanol–water partition coefficient (Wildman–Crippen LogP) is 2.79. The highest BCUT2D eigenvalue weighted by Crippen LogP contribution is 2.21. The maximum atomic E-state index is 5.96. The number of benzene rings is 1. The molecular weight excluding hydrogens is 316 g/mol. The van der Waals surface area contributed by atoms with Crippen molar-refractivity contribution in [1.29, 1.82) is 0 Å². The standard InChI is InChI=1S/C14H14N6S2/c15-20-13(17-16-9-12-7-4-8-21-12)18-19-14(20)22-10-11-5-2-1-3-6-11/h1-9H,10,15H2,(H,17,18)/b16-9+. The van der Waals surface area contributed by atoms with Crippen molar-refractivity contribution >= 4 is 35.3 Å². The maximum absolute atomic E-state index is 5.96. The Bertz CT molecular complexity index is 736. The van der Waals surface area contributed by atoms with Gasteiger partial charge < -0.3 is 5.84 Å². The predicted molar refractivity (Wildman–Crippen MR) is 91.7 cm³/mol. The summed E-state index contributed by atoms with van der Waals surface area (Å²) in [5.41, 5.74) is 4.01. The van der Waals surface area contributed by atoms with Crippen LogP contribution in [0.2, 0.25) is 0 Å². The average Bonchev–Trinajstić information content (AvgIpc) is 3.18. The van der Waals surface area contributed by atoms with Crippen LogP contribution in [0, 0.1) is 0 Å². The number of thiophene rings is 1. The molecule has 0 radical (unpaired) electrons. The van der Waals surface area contributed by atoms with Gasteiger partial charge in [0.25, 0.3) is 5.95 Å². The van der Waals surface area contributed by atoms with Gasteiger partial charge in [0.15, 0.2) is 0 Å². The Morgan fingerprint density at radius 1 is 1.23 bits per heavy atom. The summed E-state index contributed by atoms with van der Waals surface area (Å²) in [5.74, 6) is 7.16. The summed E-state index contributed by atoms with van der Waals surface area (Å²) in [4.78, 5) is 1.05. The number of anilines is 1. The number of nitrogens with two attached hydrogens (primary N) is 1. The summed E-state index contributed by atoms with van der Waals surface area (Å²) in [5, 5.41) is 14.8. The van der Waals surface area contributed by atoms with Crippen LogP contribution >= 0.6 is 23.1 Å². The molecule has 0 spiro atoms. The van der Waals surface area contributed by atoms with Crippen molar-refractivity contribution in [2.24, 2.45) is 5.10 Å². The third-order valence-corrected chi connectivity index (χ3v) is 4.60. The Hall–Kier alpha value is -2.32. The SMILES string of the molecule is Nn1c(N/N=C/c2cccs2)nnc1SCc1ccccc1. The average molecular weight is 330 g/mol. The van der Waals surface area contributed by atoms with Gasteiger partial charge in [-0.3, -0.25) is 0 Å². The van der Waals surface area contributed by atoms with E-state index in [1.165, 1.54) is 22.0 Å². The number of hydrazone groups is 1. The van der Waals surface area contributed by atoms with Crippen molar-refractivity contribution in [3.63, 3.8) is 0 Å². The molecule has 0 bridgehead atoms. The molecule has 112 valence electrons. The zero-order valence-corrected chi connectivity index (χ0v) is 13.2. The molecule has 0 unspecified atom stereocenters. The molecule has 22 heavy (non-hydrogen) atoms. The fourth-order valence-corrected chi connectivity index (χ4v) is 3.09. The Morgan fingerprint density at radius 2 is 2.09 bits per heavy atom. The molecule has 0 atom stereocenters. The van der Waals surface area contributed by atoms with Crippen molar-refractivity contribution in [1.82, 2.24) is 14.9 Å². The van der Waals surface area contributed by atoms with Crippen LogP contribution in [0.1, 0.15) is 10.4 Å². The molecule has 3 aromatic rings. The number of nitrogens with zero attached hydrogens (tertiary/aromatic N) is 4. The van der Waals surface area contributed by atoms with Gasteiger partial charge in [0.05, 0.1) is 6.21 Å². The first kappa shape index (κ1) is 14.6. The van der Waals surface area contributed by atoms with Crippen molar-refractivity contribution in [3.8, 4) is 0 Å². The van der Waals surface area contributed by atoms with Gasteiger partial charge in [-0.2, -0.15) is 5.10 Å². The van der Waals surface area contributed by atoms with E-state index in [4.69, 9.17) is 5.84 Å². The van der Waals surface area contributed by atoms with Crippen molar-refractivity contribution in [2.45, 2.75) is 10.9 Å². The van der Waals surface area contributed by atoms with E-state index < -0.39 is 0 Å². The second-order valence-corrected chi connectivity index (χ2v) is 6.26. The lowest BCUT2D eigenvalue weighted by Crippen LogP contribution is -2.13. The van der Waals surface area contributed by atoms with E-state index in [0.717, 1.165) is 10.6 Å². The van der Waals surface area contributed by atoms with Gasteiger partial charge in [-0.05, 0) is 17.0 Å². The van der Waals surface area contributed by atoms with E-state index in [1.807, 2.05) is 35.7 Å². The molecule has 3 N–H and O–H groups in total. The van der Waals surface area contributed by atoms with Crippen LogP contribution in [0.4, 0.5) is 5.95 Å². The first-order valence-electron chi connectivity index (χ1n) is 6.53. The van der Waals surface area contributed by atoms with Gasteiger partial charge in [-0.15, -0.1) is 21.5 Å². The molecule has 2 aromatic heterocycles. The van der Waals surface area contributed by atoms with Gasteiger partial charge in [0, 0.05) is 10.6 Å². The van der Waals surface area contributed by atoms with Crippen LogP contribution in [-0.2, 0) is 5.75 Å². The summed E-state index contributed by atoms with van der Waals surface area (Å²) >= 11 is 3.13. The lowest BCUT2D eigenvalue weighted by atomic mass is 10.2. The zero-order valence-electron chi connectivity index (χ0n) is 11.6.